The van der Waals surface area contributed by atoms with Gasteiger partial charge in [0, 0.05) is 16.6 Å². The van der Waals surface area contributed by atoms with Crippen molar-refractivity contribution in [1.29, 1.82) is 0 Å². The second-order valence-electron chi connectivity index (χ2n) is 5.33. The molecule has 1 aromatic heterocycles. The Hall–Kier alpha value is -0.320. The lowest BCUT2D eigenvalue weighted by atomic mass is 9.79. The zero-order valence-electron chi connectivity index (χ0n) is 10.8. The van der Waals surface area contributed by atoms with E-state index in [4.69, 9.17) is 0 Å². The highest BCUT2D eigenvalue weighted by molar-refractivity contribution is 7.09. The summed E-state index contributed by atoms with van der Waals surface area (Å²) >= 11 is 1.43. The maximum absolute atomic E-state index is 11.4. The molecule has 3 rings (SSSR count). The minimum atomic E-state index is 0. The molecule has 1 aliphatic heterocycles. The SMILES string of the molecule is CCCN1CCC[C@@H]2Cc3[nH]c(=O)sc3C[C@H]21.Cl. The predicted octanol–water partition coefficient (Wildman–Crippen LogP) is 2.45. The zero-order valence-corrected chi connectivity index (χ0v) is 12.4. The number of aromatic nitrogens is 1. The van der Waals surface area contributed by atoms with E-state index in [-0.39, 0.29) is 17.3 Å². The Balaban J connectivity index is 0.00000120. The van der Waals surface area contributed by atoms with Crippen LogP contribution < -0.4 is 4.87 Å². The molecule has 1 N–H and O–H groups in total. The molecule has 1 aromatic rings. The average molecular weight is 289 g/mol. The Morgan fingerprint density at radius 1 is 1.44 bits per heavy atom. The number of hydrogen-bond acceptors (Lipinski definition) is 3. The van der Waals surface area contributed by atoms with Gasteiger partial charge in [0.15, 0.2) is 0 Å². The topological polar surface area (TPSA) is 36.1 Å². The number of nitrogens with zero attached hydrogens (tertiary/aromatic N) is 1. The van der Waals surface area contributed by atoms with E-state index in [9.17, 15) is 4.79 Å². The second-order valence-corrected chi connectivity index (χ2v) is 6.40. The summed E-state index contributed by atoms with van der Waals surface area (Å²) in [5.74, 6) is 0.771. The summed E-state index contributed by atoms with van der Waals surface area (Å²) in [4.78, 5) is 18.5. The van der Waals surface area contributed by atoms with Gasteiger partial charge in [-0.25, -0.2) is 0 Å². The third-order valence-corrected chi connectivity index (χ3v) is 5.16. The molecule has 5 heteroatoms. The molecule has 2 atom stereocenters. The van der Waals surface area contributed by atoms with Crippen molar-refractivity contribution in [3.8, 4) is 0 Å². The smallest absolute Gasteiger partial charge is 0.304 e. The monoisotopic (exact) mass is 288 g/mol. The van der Waals surface area contributed by atoms with E-state index in [1.807, 2.05) is 0 Å². The Bertz CT molecular complexity index is 454. The fraction of sp³-hybridized carbons (Fsp3) is 0.769. The molecule has 1 aliphatic carbocycles. The Morgan fingerprint density at radius 3 is 3.06 bits per heavy atom. The third-order valence-electron chi connectivity index (χ3n) is 4.21. The number of nitrogens with one attached hydrogen (secondary N) is 1. The van der Waals surface area contributed by atoms with Crippen LogP contribution in [-0.2, 0) is 12.8 Å². The van der Waals surface area contributed by atoms with E-state index in [0.29, 0.717) is 6.04 Å². The molecule has 1 fully saturated rings. The summed E-state index contributed by atoms with van der Waals surface area (Å²) in [6.07, 6.45) is 6.09. The third kappa shape index (κ3) is 2.51. The molecule has 2 aliphatic rings. The van der Waals surface area contributed by atoms with Crippen LogP contribution in [0.25, 0.3) is 0 Å². The molecule has 2 heterocycles. The Kier molecular flexibility index (Phi) is 4.51. The number of H-pyrrole nitrogens is 1. The molecule has 0 saturated carbocycles. The standard InChI is InChI=1S/C13H20N2OS.ClH/c1-2-5-15-6-3-4-9-7-10-12(8-11(9)15)17-13(16)14-10;/h9,11H,2-8H2,1H3,(H,14,16);1H/t9-,11-;/m1./s1. The fourth-order valence-electron chi connectivity index (χ4n) is 3.49. The molecule has 18 heavy (non-hydrogen) atoms. The fourth-order valence-corrected chi connectivity index (χ4v) is 4.40. The molecule has 0 spiro atoms. The summed E-state index contributed by atoms with van der Waals surface area (Å²) in [7, 11) is 0. The first-order chi connectivity index (χ1) is 8.28. The van der Waals surface area contributed by atoms with Gasteiger partial charge in [-0.1, -0.05) is 18.3 Å². The number of halogens is 1. The van der Waals surface area contributed by atoms with E-state index in [0.717, 1.165) is 18.8 Å². The molecule has 3 nitrogen and oxygen atoms in total. The van der Waals surface area contributed by atoms with E-state index in [2.05, 4.69) is 16.8 Å². The molecule has 0 unspecified atom stereocenters. The van der Waals surface area contributed by atoms with Crippen LogP contribution >= 0.6 is 23.7 Å². The van der Waals surface area contributed by atoms with Crippen LogP contribution in [0.1, 0.15) is 36.8 Å². The van der Waals surface area contributed by atoms with Crippen molar-refractivity contribution in [2.24, 2.45) is 5.92 Å². The highest BCUT2D eigenvalue weighted by Gasteiger charge is 2.36. The number of thiazole rings is 1. The maximum atomic E-state index is 11.4. The molecule has 0 aromatic carbocycles. The van der Waals surface area contributed by atoms with Crippen molar-refractivity contribution in [3.05, 3.63) is 20.2 Å². The van der Waals surface area contributed by atoms with E-state index in [1.54, 1.807) is 0 Å². The number of aromatic amines is 1. The first-order valence-electron chi connectivity index (χ1n) is 6.73. The lowest BCUT2D eigenvalue weighted by Crippen LogP contribution is -2.49. The van der Waals surface area contributed by atoms with Crippen LogP contribution in [0.4, 0.5) is 0 Å². The summed E-state index contributed by atoms with van der Waals surface area (Å²) in [5, 5.41) is 0. The molecule has 0 radical (unpaired) electrons. The minimum Gasteiger partial charge on any atom is -0.316 e. The van der Waals surface area contributed by atoms with Crippen molar-refractivity contribution < 1.29 is 0 Å². The Morgan fingerprint density at radius 2 is 2.28 bits per heavy atom. The van der Waals surface area contributed by atoms with Crippen LogP contribution in [-0.4, -0.2) is 29.0 Å². The first kappa shape index (κ1) is 14.1. The van der Waals surface area contributed by atoms with Crippen molar-refractivity contribution >= 4 is 23.7 Å². The van der Waals surface area contributed by atoms with Gasteiger partial charge in [0.05, 0.1) is 0 Å². The van der Waals surface area contributed by atoms with Crippen LogP contribution in [0.2, 0.25) is 0 Å². The normalized spacial score (nSPS) is 27.2. The first-order valence-corrected chi connectivity index (χ1v) is 7.54. The van der Waals surface area contributed by atoms with Crippen molar-refractivity contribution in [2.75, 3.05) is 13.1 Å². The highest BCUT2D eigenvalue weighted by Crippen LogP contribution is 2.35. The number of piperidine rings is 1. The summed E-state index contributed by atoms with van der Waals surface area (Å²) < 4.78 is 0. The van der Waals surface area contributed by atoms with Gasteiger partial charge in [0.2, 0.25) is 0 Å². The average Bonchev–Trinajstić information content (AvgIpc) is 2.66. The molecular weight excluding hydrogens is 268 g/mol. The van der Waals surface area contributed by atoms with Crippen LogP contribution in [0.3, 0.4) is 0 Å². The van der Waals surface area contributed by atoms with Gasteiger partial charge >= 0.3 is 4.87 Å². The number of rotatable bonds is 2. The molecule has 0 bridgehead atoms. The Labute approximate surface area is 118 Å². The van der Waals surface area contributed by atoms with E-state index in [1.165, 1.54) is 54.3 Å². The van der Waals surface area contributed by atoms with Crippen molar-refractivity contribution in [3.63, 3.8) is 0 Å². The summed E-state index contributed by atoms with van der Waals surface area (Å²) in [5.41, 5.74) is 1.24. The number of hydrogen-bond donors (Lipinski definition) is 1. The van der Waals surface area contributed by atoms with Gasteiger partial charge < -0.3 is 4.98 Å². The summed E-state index contributed by atoms with van der Waals surface area (Å²) in [6, 6.07) is 0.697. The largest absolute Gasteiger partial charge is 0.316 e. The van der Waals surface area contributed by atoms with Gasteiger partial charge in [-0.15, -0.1) is 12.4 Å². The lowest BCUT2D eigenvalue weighted by Gasteiger charge is -2.43. The van der Waals surface area contributed by atoms with Crippen LogP contribution in [0.5, 0.6) is 0 Å². The van der Waals surface area contributed by atoms with Gasteiger partial charge in [-0.2, -0.15) is 0 Å². The molecular formula is C13H21ClN2OS. The van der Waals surface area contributed by atoms with Gasteiger partial charge in [-0.05, 0) is 51.1 Å². The number of likely N-dealkylation sites (tertiary alicyclic amines) is 1. The molecule has 102 valence electrons. The predicted molar refractivity (Wildman–Crippen MR) is 78.0 cm³/mol. The van der Waals surface area contributed by atoms with E-state index < -0.39 is 0 Å². The van der Waals surface area contributed by atoms with Crippen molar-refractivity contribution in [1.82, 2.24) is 9.88 Å². The van der Waals surface area contributed by atoms with Crippen LogP contribution in [0, 0.1) is 5.92 Å². The number of fused-ring (bicyclic) bond motifs is 2. The lowest BCUT2D eigenvalue weighted by molar-refractivity contribution is 0.0857. The van der Waals surface area contributed by atoms with Crippen molar-refractivity contribution in [2.45, 2.75) is 45.1 Å². The maximum Gasteiger partial charge on any atom is 0.304 e. The van der Waals surface area contributed by atoms with Gasteiger partial charge in [0.1, 0.15) is 0 Å². The zero-order chi connectivity index (χ0) is 11.8. The second kappa shape index (κ2) is 5.76. The molecule has 1 saturated heterocycles. The van der Waals surface area contributed by atoms with Crippen LogP contribution in [0.15, 0.2) is 4.79 Å². The quantitative estimate of drug-likeness (QED) is 0.907. The minimum absolute atomic E-state index is 0. The van der Waals surface area contributed by atoms with E-state index >= 15 is 0 Å². The highest BCUT2D eigenvalue weighted by atomic mass is 35.5. The van der Waals surface area contributed by atoms with Gasteiger partial charge in [-0.3, -0.25) is 9.69 Å². The summed E-state index contributed by atoms with van der Waals surface area (Å²) in [6.45, 7) is 4.73. The molecule has 0 amide bonds. The van der Waals surface area contributed by atoms with Gasteiger partial charge in [0.25, 0.3) is 0 Å².